The van der Waals surface area contributed by atoms with Crippen molar-refractivity contribution >= 4 is 34.9 Å². The van der Waals surface area contributed by atoms with Crippen LogP contribution in [0, 0.1) is 20.8 Å². The molecule has 2 rings (SSSR count). The fourth-order valence-electron chi connectivity index (χ4n) is 2.81. The number of nitrogens with two attached hydrogens (primary N) is 1. The summed E-state index contributed by atoms with van der Waals surface area (Å²) in [5.74, 6) is 5.33. The molecule has 1 aromatic carbocycles. The van der Waals surface area contributed by atoms with E-state index in [-0.39, 0.29) is 18.5 Å². The van der Waals surface area contributed by atoms with Crippen molar-refractivity contribution in [2.45, 2.75) is 33.2 Å². The number of hydrogen-bond donors (Lipinski definition) is 3. The van der Waals surface area contributed by atoms with Crippen molar-refractivity contribution in [3.8, 4) is 0 Å². The molecule has 2 aromatic rings. The van der Waals surface area contributed by atoms with E-state index in [0.717, 1.165) is 22.5 Å². The molecule has 0 spiro atoms. The van der Waals surface area contributed by atoms with Crippen molar-refractivity contribution in [1.29, 1.82) is 0 Å². The SMILES string of the molecule is CNC(Cc1cscn1)C(=O)NC/C(C=Nc1c(C)cc(C)cc1C)=N/N. The average molecular weight is 387 g/mol. The number of carbonyl (C=O) groups excluding carboxylic acids is 1. The van der Waals surface area contributed by atoms with E-state index < -0.39 is 0 Å². The van der Waals surface area contributed by atoms with Crippen LogP contribution in [0.2, 0.25) is 0 Å². The maximum Gasteiger partial charge on any atom is 0.237 e. The summed E-state index contributed by atoms with van der Waals surface area (Å²) in [6.07, 6.45) is 2.12. The molecule has 0 aliphatic rings. The van der Waals surface area contributed by atoms with Gasteiger partial charge in [0.2, 0.25) is 5.91 Å². The van der Waals surface area contributed by atoms with Crippen LogP contribution in [0.3, 0.4) is 0 Å². The number of nitrogens with one attached hydrogen (secondary N) is 2. The molecule has 0 fully saturated rings. The largest absolute Gasteiger partial charge is 0.349 e. The third-order valence-electron chi connectivity index (χ3n) is 4.15. The molecule has 1 atom stereocenters. The van der Waals surface area contributed by atoms with Gasteiger partial charge in [-0.2, -0.15) is 5.10 Å². The molecule has 1 aromatic heterocycles. The number of carbonyl (C=O) groups is 1. The Hall–Kier alpha value is -2.58. The van der Waals surface area contributed by atoms with Crippen molar-refractivity contribution in [3.05, 3.63) is 45.4 Å². The van der Waals surface area contributed by atoms with Crippen LogP contribution in [-0.4, -0.2) is 42.5 Å². The monoisotopic (exact) mass is 386 g/mol. The van der Waals surface area contributed by atoms with Crippen LogP contribution in [0.4, 0.5) is 5.69 Å². The number of likely N-dealkylation sites (N-methyl/N-ethyl adjacent to an activating group) is 1. The van der Waals surface area contributed by atoms with E-state index in [1.54, 1.807) is 18.8 Å². The van der Waals surface area contributed by atoms with Gasteiger partial charge >= 0.3 is 0 Å². The molecule has 7 nitrogen and oxygen atoms in total. The maximum atomic E-state index is 12.4. The van der Waals surface area contributed by atoms with Crippen molar-refractivity contribution < 1.29 is 4.79 Å². The van der Waals surface area contributed by atoms with E-state index in [1.807, 2.05) is 19.2 Å². The average Bonchev–Trinajstić information content (AvgIpc) is 3.14. The van der Waals surface area contributed by atoms with Crippen LogP contribution in [0.25, 0.3) is 0 Å². The molecule has 1 heterocycles. The standard InChI is InChI=1S/C19H26N6OS/c1-12-5-13(2)18(14(3)6-12)22-8-16(25-20)9-23-19(26)17(21-4)7-15-10-27-11-24-15/h5-6,8,10-11,17,21H,7,9,20H2,1-4H3,(H,23,26)/b22-8?,25-16+. The molecular weight excluding hydrogens is 360 g/mol. The lowest BCUT2D eigenvalue weighted by molar-refractivity contribution is -0.122. The first-order valence-electron chi connectivity index (χ1n) is 8.65. The van der Waals surface area contributed by atoms with E-state index >= 15 is 0 Å². The fourth-order valence-corrected chi connectivity index (χ4v) is 3.39. The molecule has 1 amide bonds. The van der Waals surface area contributed by atoms with Crippen LogP contribution < -0.4 is 16.5 Å². The lowest BCUT2D eigenvalue weighted by atomic mass is 10.1. The summed E-state index contributed by atoms with van der Waals surface area (Å²) in [5, 5.41) is 11.5. The molecule has 0 bridgehead atoms. The number of aryl methyl sites for hydroxylation is 3. The molecule has 4 N–H and O–H groups in total. The molecule has 144 valence electrons. The van der Waals surface area contributed by atoms with Gasteiger partial charge in [-0.1, -0.05) is 17.7 Å². The van der Waals surface area contributed by atoms with Crippen molar-refractivity contribution in [1.82, 2.24) is 15.6 Å². The van der Waals surface area contributed by atoms with Crippen molar-refractivity contribution in [2.24, 2.45) is 15.9 Å². The van der Waals surface area contributed by atoms with Gasteiger partial charge < -0.3 is 16.5 Å². The number of aromatic nitrogens is 1. The van der Waals surface area contributed by atoms with E-state index in [2.05, 4.69) is 44.8 Å². The minimum Gasteiger partial charge on any atom is -0.349 e. The zero-order valence-electron chi connectivity index (χ0n) is 16.1. The van der Waals surface area contributed by atoms with Gasteiger partial charge in [-0.25, -0.2) is 4.98 Å². The molecule has 1 unspecified atom stereocenters. The molecule has 0 aliphatic carbocycles. The molecular formula is C19H26N6OS. The Morgan fingerprint density at radius 1 is 1.33 bits per heavy atom. The highest BCUT2D eigenvalue weighted by molar-refractivity contribution is 7.07. The van der Waals surface area contributed by atoms with Crippen LogP contribution in [0.15, 0.2) is 33.1 Å². The summed E-state index contributed by atoms with van der Waals surface area (Å²) < 4.78 is 0. The summed E-state index contributed by atoms with van der Waals surface area (Å²) >= 11 is 1.51. The second-order valence-corrected chi connectivity index (χ2v) is 7.09. The third kappa shape index (κ3) is 5.97. The Labute approximate surface area is 163 Å². The Bertz CT molecular complexity index is 806. The number of aliphatic imine (C=N–C) groups is 1. The van der Waals surface area contributed by atoms with Gasteiger partial charge in [0.05, 0.1) is 41.4 Å². The molecule has 27 heavy (non-hydrogen) atoms. The summed E-state index contributed by atoms with van der Waals surface area (Å²) in [4.78, 5) is 21.1. The van der Waals surface area contributed by atoms with Crippen LogP contribution in [0.1, 0.15) is 22.4 Å². The molecule has 0 saturated carbocycles. The second-order valence-electron chi connectivity index (χ2n) is 6.37. The van der Waals surface area contributed by atoms with Gasteiger partial charge in [-0.15, -0.1) is 11.3 Å². The van der Waals surface area contributed by atoms with Crippen LogP contribution in [-0.2, 0) is 11.2 Å². The fraction of sp³-hybridized carbons (Fsp3) is 0.368. The van der Waals surface area contributed by atoms with Gasteiger partial charge in [-0.3, -0.25) is 9.79 Å². The van der Waals surface area contributed by atoms with Crippen LogP contribution >= 0.6 is 11.3 Å². The van der Waals surface area contributed by atoms with Crippen LogP contribution in [0.5, 0.6) is 0 Å². The lowest BCUT2D eigenvalue weighted by Crippen LogP contribution is -2.45. The highest BCUT2D eigenvalue weighted by Crippen LogP contribution is 2.24. The van der Waals surface area contributed by atoms with Gasteiger partial charge in [-0.05, 0) is 38.9 Å². The first-order valence-corrected chi connectivity index (χ1v) is 9.59. The molecule has 0 aliphatic heterocycles. The highest BCUT2D eigenvalue weighted by Gasteiger charge is 2.17. The second kappa shape index (κ2) is 9.94. The van der Waals surface area contributed by atoms with Gasteiger partial charge in [0, 0.05) is 11.8 Å². The number of thiazole rings is 1. The molecule has 0 radical (unpaired) electrons. The lowest BCUT2D eigenvalue weighted by Gasteiger charge is -2.14. The number of hydrazone groups is 1. The Morgan fingerprint density at radius 3 is 2.59 bits per heavy atom. The number of hydrogen-bond acceptors (Lipinski definition) is 7. The minimum absolute atomic E-state index is 0.136. The number of amides is 1. The smallest absolute Gasteiger partial charge is 0.237 e. The van der Waals surface area contributed by atoms with E-state index in [4.69, 9.17) is 5.84 Å². The normalized spacial score (nSPS) is 13.1. The van der Waals surface area contributed by atoms with Gasteiger partial charge in [0.15, 0.2) is 0 Å². The quantitative estimate of drug-likeness (QED) is 0.367. The summed E-state index contributed by atoms with van der Waals surface area (Å²) in [6, 6.07) is 3.79. The van der Waals surface area contributed by atoms with E-state index in [0.29, 0.717) is 12.1 Å². The zero-order valence-corrected chi connectivity index (χ0v) is 16.9. The Morgan fingerprint density at radius 2 is 2.04 bits per heavy atom. The Balaban J connectivity index is 1.98. The predicted octanol–water partition coefficient (Wildman–Crippen LogP) is 2.03. The van der Waals surface area contributed by atoms with Gasteiger partial charge in [0.1, 0.15) is 0 Å². The highest BCUT2D eigenvalue weighted by atomic mass is 32.1. The topological polar surface area (TPSA) is 105 Å². The first kappa shape index (κ1) is 20.7. The van der Waals surface area contributed by atoms with Crippen molar-refractivity contribution in [2.75, 3.05) is 13.6 Å². The predicted molar refractivity (Wildman–Crippen MR) is 112 cm³/mol. The van der Waals surface area contributed by atoms with Gasteiger partial charge in [0.25, 0.3) is 0 Å². The first-order chi connectivity index (χ1) is 12.9. The van der Waals surface area contributed by atoms with Crippen molar-refractivity contribution in [3.63, 3.8) is 0 Å². The zero-order chi connectivity index (χ0) is 19.8. The summed E-state index contributed by atoms with van der Waals surface area (Å²) in [6.45, 7) is 6.30. The Kier molecular flexibility index (Phi) is 7.63. The number of rotatable bonds is 8. The maximum absolute atomic E-state index is 12.4. The number of benzene rings is 1. The summed E-state index contributed by atoms with van der Waals surface area (Å²) in [5.41, 5.74) is 7.39. The molecule has 8 heteroatoms. The minimum atomic E-state index is -0.371. The third-order valence-corrected chi connectivity index (χ3v) is 4.78. The van der Waals surface area contributed by atoms with E-state index in [9.17, 15) is 4.79 Å². The number of nitrogens with zero attached hydrogens (tertiary/aromatic N) is 3. The molecule has 0 saturated heterocycles. The summed E-state index contributed by atoms with van der Waals surface area (Å²) in [7, 11) is 1.75. The van der Waals surface area contributed by atoms with E-state index in [1.165, 1.54) is 16.9 Å².